The fraction of sp³-hybridized carbons (Fsp3) is 0.500. The summed E-state index contributed by atoms with van der Waals surface area (Å²) >= 11 is 0. The maximum Gasteiger partial charge on any atom is 0.255 e. The van der Waals surface area contributed by atoms with E-state index in [1.807, 2.05) is 30.3 Å². The van der Waals surface area contributed by atoms with Crippen molar-refractivity contribution in [2.45, 2.75) is 32.1 Å². The normalized spacial score (nSPS) is 19.3. The van der Waals surface area contributed by atoms with E-state index >= 15 is 0 Å². The maximum absolute atomic E-state index is 12.9. The number of hydrogen-bond donors (Lipinski definition) is 1. The molecule has 2 aromatic rings. The van der Waals surface area contributed by atoms with Crippen LogP contribution >= 0.6 is 0 Å². The van der Waals surface area contributed by atoms with Crippen molar-refractivity contribution >= 4 is 5.91 Å². The average molecular weight is 410 g/mol. The van der Waals surface area contributed by atoms with E-state index in [4.69, 9.17) is 4.74 Å². The molecule has 2 fully saturated rings. The first-order valence-corrected chi connectivity index (χ1v) is 11.0. The Hall–Kier alpha value is -2.44. The summed E-state index contributed by atoms with van der Waals surface area (Å²) in [5, 5.41) is 3.16. The summed E-state index contributed by atoms with van der Waals surface area (Å²) in [6, 6.07) is 12.4. The lowest BCUT2D eigenvalue weighted by molar-refractivity contribution is -0.00672. The molecule has 0 bridgehead atoms. The number of para-hydroxylation sites is 1. The number of rotatable bonds is 6. The molecule has 2 aliphatic heterocycles. The quantitative estimate of drug-likeness (QED) is 0.797. The monoisotopic (exact) mass is 409 g/mol. The highest BCUT2D eigenvalue weighted by Gasteiger charge is 2.35. The van der Waals surface area contributed by atoms with Gasteiger partial charge in [-0.05, 0) is 57.0 Å². The first kappa shape index (κ1) is 20.8. The zero-order valence-corrected chi connectivity index (χ0v) is 17.5. The summed E-state index contributed by atoms with van der Waals surface area (Å²) in [6.07, 6.45) is 7.41. The van der Waals surface area contributed by atoms with E-state index in [1.54, 1.807) is 12.3 Å². The molecule has 3 heterocycles. The van der Waals surface area contributed by atoms with Crippen LogP contribution in [0.15, 0.2) is 53.5 Å². The zero-order chi connectivity index (χ0) is 20.8. The molecule has 30 heavy (non-hydrogen) atoms. The highest BCUT2D eigenvalue weighted by atomic mass is 16.5. The Balaban J connectivity index is 1.46. The van der Waals surface area contributed by atoms with Crippen molar-refractivity contribution in [3.05, 3.63) is 64.6 Å². The lowest BCUT2D eigenvalue weighted by Crippen LogP contribution is -2.49. The molecule has 160 valence electrons. The molecule has 0 aliphatic carbocycles. The summed E-state index contributed by atoms with van der Waals surface area (Å²) in [5.74, 6) is -0.135. The zero-order valence-electron chi connectivity index (χ0n) is 17.5. The van der Waals surface area contributed by atoms with Crippen LogP contribution in [0.2, 0.25) is 0 Å². The molecule has 1 aromatic heterocycles. The molecule has 0 atom stereocenters. The second-order valence-corrected chi connectivity index (χ2v) is 8.59. The van der Waals surface area contributed by atoms with Gasteiger partial charge in [-0.2, -0.15) is 0 Å². The number of amides is 1. The van der Waals surface area contributed by atoms with Gasteiger partial charge in [-0.3, -0.25) is 14.2 Å². The van der Waals surface area contributed by atoms with Crippen LogP contribution in [-0.2, 0) is 4.74 Å². The van der Waals surface area contributed by atoms with Crippen LogP contribution in [0.3, 0.4) is 0 Å². The molecular weight excluding hydrogens is 378 g/mol. The van der Waals surface area contributed by atoms with Gasteiger partial charge < -0.3 is 15.0 Å². The standard InChI is InChI=1S/C24H31N3O3/c28-22-10-9-20(17-27(22)21-7-3-1-4-8-21)23(29)25-18-24(11-15-30-16-12-24)19-26-13-5-2-6-14-26/h1,3-4,7-10,17H,2,5-6,11-16,18-19H2,(H,25,29). The van der Waals surface area contributed by atoms with Gasteiger partial charge in [0.05, 0.1) is 5.56 Å². The predicted molar refractivity (Wildman–Crippen MR) is 117 cm³/mol. The van der Waals surface area contributed by atoms with E-state index in [1.165, 1.54) is 29.9 Å². The van der Waals surface area contributed by atoms with Crippen LogP contribution in [0, 0.1) is 5.41 Å². The van der Waals surface area contributed by atoms with Crippen molar-refractivity contribution in [1.29, 1.82) is 0 Å². The van der Waals surface area contributed by atoms with Crippen molar-refractivity contribution in [3.8, 4) is 5.69 Å². The molecule has 1 N–H and O–H groups in total. The van der Waals surface area contributed by atoms with Crippen LogP contribution in [0.4, 0.5) is 0 Å². The van der Waals surface area contributed by atoms with Gasteiger partial charge in [0, 0.05) is 49.7 Å². The fourth-order valence-electron chi connectivity index (χ4n) is 4.57. The molecule has 0 unspecified atom stereocenters. The van der Waals surface area contributed by atoms with Crippen LogP contribution < -0.4 is 10.9 Å². The molecule has 6 heteroatoms. The van der Waals surface area contributed by atoms with Crippen molar-refractivity contribution in [3.63, 3.8) is 0 Å². The number of hydrogen-bond acceptors (Lipinski definition) is 4. The lowest BCUT2D eigenvalue weighted by atomic mass is 9.79. The molecule has 1 aromatic carbocycles. The van der Waals surface area contributed by atoms with Gasteiger partial charge in [0.2, 0.25) is 0 Å². The third-order valence-electron chi connectivity index (χ3n) is 6.39. The molecule has 2 aliphatic rings. The number of carbonyl (C=O) groups is 1. The van der Waals surface area contributed by atoms with Gasteiger partial charge in [0.15, 0.2) is 0 Å². The Morgan fingerprint density at radius 1 is 1.00 bits per heavy atom. The number of benzene rings is 1. The lowest BCUT2D eigenvalue weighted by Gasteiger charge is -2.42. The Labute approximate surface area is 177 Å². The minimum atomic E-state index is -0.149. The second kappa shape index (κ2) is 9.58. The van der Waals surface area contributed by atoms with Crippen LogP contribution in [-0.4, -0.2) is 54.8 Å². The van der Waals surface area contributed by atoms with Gasteiger partial charge in [-0.25, -0.2) is 0 Å². The number of ether oxygens (including phenoxy) is 1. The molecule has 0 saturated carbocycles. The van der Waals surface area contributed by atoms with Gasteiger partial charge >= 0.3 is 0 Å². The number of aromatic nitrogens is 1. The average Bonchev–Trinajstić information content (AvgIpc) is 2.80. The molecule has 4 rings (SSSR count). The Morgan fingerprint density at radius 2 is 1.73 bits per heavy atom. The SMILES string of the molecule is O=C(NCC1(CN2CCCCC2)CCOCC1)c1ccc(=O)n(-c2ccccc2)c1. The van der Waals surface area contributed by atoms with Gasteiger partial charge in [-0.15, -0.1) is 0 Å². The molecule has 1 amide bonds. The fourth-order valence-corrected chi connectivity index (χ4v) is 4.57. The minimum absolute atomic E-state index is 0.0547. The van der Waals surface area contributed by atoms with Gasteiger partial charge in [0.1, 0.15) is 0 Å². The van der Waals surface area contributed by atoms with Crippen molar-refractivity contribution in [2.24, 2.45) is 5.41 Å². The van der Waals surface area contributed by atoms with Crippen LogP contribution in [0.1, 0.15) is 42.5 Å². The molecule has 0 radical (unpaired) electrons. The molecule has 2 saturated heterocycles. The molecule has 6 nitrogen and oxygen atoms in total. The van der Waals surface area contributed by atoms with Gasteiger partial charge in [-0.1, -0.05) is 24.6 Å². The van der Waals surface area contributed by atoms with Crippen molar-refractivity contribution < 1.29 is 9.53 Å². The highest BCUT2D eigenvalue weighted by Crippen LogP contribution is 2.32. The topological polar surface area (TPSA) is 63.6 Å². The summed E-state index contributed by atoms with van der Waals surface area (Å²) < 4.78 is 7.13. The maximum atomic E-state index is 12.9. The van der Waals surface area contributed by atoms with Gasteiger partial charge in [0.25, 0.3) is 11.5 Å². The summed E-state index contributed by atoms with van der Waals surface area (Å²) in [4.78, 5) is 27.8. The van der Waals surface area contributed by atoms with E-state index < -0.39 is 0 Å². The largest absolute Gasteiger partial charge is 0.381 e. The number of carbonyl (C=O) groups excluding carboxylic acids is 1. The van der Waals surface area contributed by atoms with Crippen molar-refractivity contribution in [2.75, 3.05) is 39.4 Å². The molecule has 0 spiro atoms. The number of nitrogens with zero attached hydrogens (tertiary/aromatic N) is 2. The van der Waals surface area contributed by atoms with E-state index in [0.717, 1.165) is 51.4 Å². The van der Waals surface area contributed by atoms with Crippen LogP contribution in [0.25, 0.3) is 5.69 Å². The number of piperidine rings is 1. The summed E-state index contributed by atoms with van der Waals surface area (Å²) in [5.41, 5.74) is 1.16. The number of pyridine rings is 1. The Morgan fingerprint density at radius 3 is 2.47 bits per heavy atom. The Bertz CT molecular complexity index is 897. The smallest absolute Gasteiger partial charge is 0.255 e. The second-order valence-electron chi connectivity index (χ2n) is 8.59. The third-order valence-corrected chi connectivity index (χ3v) is 6.39. The first-order chi connectivity index (χ1) is 14.7. The van der Waals surface area contributed by atoms with E-state index in [9.17, 15) is 9.59 Å². The third kappa shape index (κ3) is 4.99. The predicted octanol–water partition coefficient (Wildman–Crippen LogP) is 2.85. The first-order valence-electron chi connectivity index (χ1n) is 11.0. The highest BCUT2D eigenvalue weighted by molar-refractivity contribution is 5.93. The van der Waals surface area contributed by atoms with E-state index in [2.05, 4.69) is 10.2 Å². The van der Waals surface area contributed by atoms with E-state index in [0.29, 0.717) is 12.1 Å². The molecular formula is C24H31N3O3. The Kier molecular flexibility index (Phi) is 6.65. The number of nitrogens with one attached hydrogen (secondary N) is 1. The van der Waals surface area contributed by atoms with Crippen LogP contribution in [0.5, 0.6) is 0 Å². The number of likely N-dealkylation sites (tertiary alicyclic amines) is 1. The van der Waals surface area contributed by atoms with Crippen molar-refractivity contribution in [1.82, 2.24) is 14.8 Å². The summed E-state index contributed by atoms with van der Waals surface area (Å²) in [7, 11) is 0. The minimum Gasteiger partial charge on any atom is -0.381 e. The summed E-state index contributed by atoms with van der Waals surface area (Å²) in [6.45, 7) is 5.46. The van der Waals surface area contributed by atoms with E-state index in [-0.39, 0.29) is 16.9 Å².